The van der Waals surface area contributed by atoms with E-state index in [1.807, 2.05) is 47.9 Å². The average molecular weight is 342 g/mol. The normalized spacial score (nSPS) is 11.5. The topological polar surface area (TPSA) is 74.3 Å². The summed E-state index contributed by atoms with van der Waals surface area (Å²) in [6.07, 6.45) is 0. The van der Waals surface area contributed by atoms with Gasteiger partial charge in [0, 0.05) is 16.9 Å². The van der Waals surface area contributed by atoms with E-state index in [4.69, 9.17) is 9.88 Å². The monoisotopic (exact) mass is 342 g/mol. The zero-order valence-corrected chi connectivity index (χ0v) is 14.2. The summed E-state index contributed by atoms with van der Waals surface area (Å²) >= 11 is 0. The van der Waals surface area contributed by atoms with E-state index in [2.05, 4.69) is 0 Å². The van der Waals surface area contributed by atoms with Gasteiger partial charge in [0.25, 0.3) is 0 Å². The minimum absolute atomic E-state index is 0.109. The number of rotatable bonds is 4. The molecular formula is C18H18N2O3S. The Kier molecular flexibility index (Phi) is 4.17. The minimum Gasteiger partial charge on any atom is -0.497 e. The number of aromatic nitrogens is 1. The highest BCUT2D eigenvalue weighted by Crippen LogP contribution is 2.31. The lowest BCUT2D eigenvalue weighted by molar-refractivity contribution is 0.414. The molecule has 6 heteroatoms. The molecule has 0 aliphatic heterocycles. The van der Waals surface area contributed by atoms with Crippen molar-refractivity contribution in [3.05, 3.63) is 66.4 Å². The van der Waals surface area contributed by atoms with Gasteiger partial charge in [-0.3, -0.25) is 0 Å². The van der Waals surface area contributed by atoms with Gasteiger partial charge in [-0.1, -0.05) is 18.2 Å². The van der Waals surface area contributed by atoms with Crippen molar-refractivity contribution in [1.29, 1.82) is 0 Å². The van der Waals surface area contributed by atoms with Crippen LogP contribution >= 0.6 is 0 Å². The summed E-state index contributed by atoms with van der Waals surface area (Å²) in [7, 11) is -2.20. The Labute approximate surface area is 141 Å². The van der Waals surface area contributed by atoms with Crippen molar-refractivity contribution in [2.75, 3.05) is 7.11 Å². The number of nitrogens with zero attached hydrogens (tertiary/aromatic N) is 1. The zero-order chi connectivity index (χ0) is 17.3. The number of aryl methyl sites for hydroxylation is 1. The van der Waals surface area contributed by atoms with Crippen molar-refractivity contribution in [2.45, 2.75) is 11.8 Å². The molecule has 24 heavy (non-hydrogen) atoms. The van der Waals surface area contributed by atoms with Crippen LogP contribution in [0.25, 0.3) is 16.9 Å². The van der Waals surface area contributed by atoms with E-state index in [0.29, 0.717) is 5.56 Å². The summed E-state index contributed by atoms with van der Waals surface area (Å²) in [5.41, 5.74) is 3.24. The number of benzene rings is 2. The molecular weight excluding hydrogens is 324 g/mol. The Morgan fingerprint density at radius 2 is 1.62 bits per heavy atom. The minimum atomic E-state index is -3.82. The van der Waals surface area contributed by atoms with E-state index in [-0.39, 0.29) is 4.90 Å². The van der Waals surface area contributed by atoms with Crippen molar-refractivity contribution in [2.24, 2.45) is 5.14 Å². The molecule has 0 radical (unpaired) electrons. The third kappa shape index (κ3) is 2.93. The van der Waals surface area contributed by atoms with Crippen LogP contribution in [-0.4, -0.2) is 20.1 Å². The number of methoxy groups -OCH3 is 1. The van der Waals surface area contributed by atoms with Gasteiger partial charge in [-0.25, -0.2) is 13.6 Å². The van der Waals surface area contributed by atoms with Crippen molar-refractivity contribution < 1.29 is 13.2 Å². The van der Waals surface area contributed by atoms with Crippen LogP contribution in [-0.2, 0) is 10.0 Å². The molecule has 0 unspecified atom stereocenters. The van der Waals surface area contributed by atoms with E-state index in [0.717, 1.165) is 22.8 Å². The lowest BCUT2D eigenvalue weighted by Gasteiger charge is -2.14. The Hall–Kier alpha value is -2.57. The molecule has 0 fully saturated rings. The smallest absolute Gasteiger partial charge is 0.238 e. The molecule has 1 aromatic heterocycles. The number of sulfonamides is 1. The summed E-state index contributed by atoms with van der Waals surface area (Å²) in [6.45, 7) is 1.97. The van der Waals surface area contributed by atoms with Crippen molar-refractivity contribution >= 4 is 10.0 Å². The summed E-state index contributed by atoms with van der Waals surface area (Å²) < 4.78 is 31.0. The SMILES string of the molecule is COc1ccc(-n2c(C)ccc2-c2ccccc2S(N)(=O)=O)cc1. The molecule has 0 spiro atoms. The number of ether oxygens (including phenoxy) is 1. The van der Waals surface area contributed by atoms with Crippen molar-refractivity contribution in [1.82, 2.24) is 4.57 Å². The van der Waals surface area contributed by atoms with Gasteiger partial charge in [-0.15, -0.1) is 0 Å². The first-order valence-corrected chi connectivity index (χ1v) is 8.91. The van der Waals surface area contributed by atoms with Crippen molar-refractivity contribution in [3.8, 4) is 22.7 Å². The number of hydrogen-bond donors (Lipinski definition) is 1. The molecule has 0 amide bonds. The van der Waals surface area contributed by atoms with Gasteiger partial charge in [0.1, 0.15) is 5.75 Å². The lowest BCUT2D eigenvalue weighted by atomic mass is 10.1. The molecule has 3 aromatic rings. The van der Waals surface area contributed by atoms with Crippen LogP contribution in [0.15, 0.2) is 65.6 Å². The van der Waals surface area contributed by atoms with E-state index >= 15 is 0 Å². The third-order valence-corrected chi connectivity index (χ3v) is 4.85. The summed E-state index contributed by atoms with van der Waals surface area (Å²) in [5.74, 6) is 0.759. The van der Waals surface area contributed by atoms with E-state index in [1.165, 1.54) is 6.07 Å². The molecule has 0 aliphatic rings. The molecule has 0 saturated carbocycles. The maximum Gasteiger partial charge on any atom is 0.238 e. The van der Waals surface area contributed by atoms with Crippen molar-refractivity contribution in [3.63, 3.8) is 0 Å². The fourth-order valence-corrected chi connectivity index (χ4v) is 3.50. The quantitative estimate of drug-likeness (QED) is 0.791. The zero-order valence-electron chi connectivity index (χ0n) is 13.4. The van der Waals surface area contributed by atoms with Crippen LogP contribution in [0, 0.1) is 6.92 Å². The van der Waals surface area contributed by atoms with Crippen LogP contribution in [0.1, 0.15) is 5.69 Å². The van der Waals surface area contributed by atoms with Gasteiger partial charge in [0.15, 0.2) is 0 Å². The molecule has 0 saturated heterocycles. The standard InChI is InChI=1S/C18H18N2O3S/c1-13-7-12-17(16-5-3-4-6-18(16)24(19,21)22)20(13)14-8-10-15(23-2)11-9-14/h3-12H,1-2H3,(H2,19,21,22). The van der Waals surface area contributed by atoms with Crippen LogP contribution in [0.4, 0.5) is 0 Å². The van der Waals surface area contributed by atoms with Gasteiger partial charge in [0.2, 0.25) is 10.0 Å². The second-order valence-electron chi connectivity index (χ2n) is 5.43. The Bertz CT molecular complexity index is 974. The molecule has 2 aromatic carbocycles. The van der Waals surface area contributed by atoms with Crippen LogP contribution < -0.4 is 9.88 Å². The van der Waals surface area contributed by atoms with Gasteiger partial charge < -0.3 is 9.30 Å². The van der Waals surface area contributed by atoms with Crippen LogP contribution in [0.2, 0.25) is 0 Å². The lowest BCUT2D eigenvalue weighted by Crippen LogP contribution is -2.14. The van der Waals surface area contributed by atoms with Crippen LogP contribution in [0.5, 0.6) is 5.75 Å². The van der Waals surface area contributed by atoms with Gasteiger partial charge in [-0.2, -0.15) is 0 Å². The second kappa shape index (κ2) is 6.14. The predicted molar refractivity (Wildman–Crippen MR) is 93.9 cm³/mol. The third-order valence-electron chi connectivity index (χ3n) is 3.88. The highest BCUT2D eigenvalue weighted by Gasteiger charge is 2.18. The molecule has 1 heterocycles. The largest absolute Gasteiger partial charge is 0.497 e. The average Bonchev–Trinajstić information content (AvgIpc) is 2.95. The first-order valence-electron chi connectivity index (χ1n) is 7.37. The number of nitrogens with two attached hydrogens (primary N) is 1. The van der Waals surface area contributed by atoms with Gasteiger partial charge in [-0.05, 0) is 49.4 Å². The first-order chi connectivity index (χ1) is 11.4. The van der Waals surface area contributed by atoms with Crippen LogP contribution in [0.3, 0.4) is 0 Å². The highest BCUT2D eigenvalue weighted by molar-refractivity contribution is 7.89. The summed E-state index contributed by atoms with van der Waals surface area (Å²) in [5, 5.41) is 5.37. The van der Waals surface area contributed by atoms with Gasteiger partial charge in [0.05, 0.1) is 17.7 Å². The van der Waals surface area contributed by atoms with E-state index in [9.17, 15) is 8.42 Å². The Morgan fingerprint density at radius 3 is 2.25 bits per heavy atom. The molecule has 124 valence electrons. The fourth-order valence-electron chi connectivity index (χ4n) is 2.75. The molecule has 0 bridgehead atoms. The predicted octanol–water partition coefficient (Wildman–Crippen LogP) is 3.11. The second-order valence-corrected chi connectivity index (χ2v) is 6.96. The number of hydrogen-bond acceptors (Lipinski definition) is 3. The van der Waals surface area contributed by atoms with E-state index in [1.54, 1.807) is 25.3 Å². The summed E-state index contributed by atoms with van der Waals surface area (Å²) in [4.78, 5) is 0.109. The molecule has 5 nitrogen and oxygen atoms in total. The molecule has 3 rings (SSSR count). The highest BCUT2D eigenvalue weighted by atomic mass is 32.2. The number of primary sulfonamides is 1. The summed E-state index contributed by atoms with van der Waals surface area (Å²) in [6, 6.07) is 18.2. The first kappa shape index (κ1) is 16.3. The molecule has 0 aliphatic carbocycles. The Morgan fingerprint density at radius 1 is 0.958 bits per heavy atom. The maximum atomic E-state index is 11.9. The fraction of sp³-hybridized carbons (Fsp3) is 0.111. The Balaban J connectivity index is 2.22. The maximum absolute atomic E-state index is 11.9. The van der Waals surface area contributed by atoms with E-state index < -0.39 is 10.0 Å². The molecule has 0 atom stereocenters. The molecule has 2 N–H and O–H groups in total. The van der Waals surface area contributed by atoms with Gasteiger partial charge >= 0.3 is 0 Å².